The van der Waals surface area contributed by atoms with Gasteiger partial charge in [-0.2, -0.15) is 0 Å². The first-order chi connectivity index (χ1) is 6.62. The quantitative estimate of drug-likeness (QED) is 0.293. The average molecular weight is 262 g/mol. The third-order valence-corrected chi connectivity index (χ3v) is 2.11. The Morgan fingerprint density at radius 1 is 0.800 bits per heavy atom. The van der Waals surface area contributed by atoms with Crippen molar-refractivity contribution in [3.05, 3.63) is 0 Å². The van der Waals surface area contributed by atoms with Crippen molar-refractivity contribution >= 4 is 18.1 Å². The smallest absolute Gasteiger partial charge is 0.368 e. The third kappa shape index (κ3) is 24.9. The van der Waals surface area contributed by atoms with Crippen molar-refractivity contribution in [2.45, 2.75) is 20.3 Å². The zero-order valence-corrected chi connectivity index (χ0v) is 10.6. The van der Waals surface area contributed by atoms with Crippen molar-refractivity contribution in [3.8, 4) is 0 Å². The van der Waals surface area contributed by atoms with Crippen molar-refractivity contribution in [2.75, 3.05) is 13.2 Å². The SMILES string of the molecule is CCCO[Si](O)(O)O.CCO[Si](O)(O)O. The molecule has 0 unspecified atom stereocenters. The molecule has 0 saturated carbocycles. The molecule has 0 aromatic heterocycles. The molecule has 0 bridgehead atoms. The normalized spacial score (nSPS) is 12.0. The molecule has 8 nitrogen and oxygen atoms in total. The van der Waals surface area contributed by atoms with Gasteiger partial charge in [-0.05, 0) is 13.3 Å². The van der Waals surface area contributed by atoms with E-state index in [1.165, 1.54) is 0 Å². The Morgan fingerprint density at radius 3 is 1.27 bits per heavy atom. The Hall–Kier alpha value is 0.114. The molecular formula is C5H18O8Si2. The van der Waals surface area contributed by atoms with Crippen molar-refractivity contribution in [2.24, 2.45) is 0 Å². The molecule has 6 N–H and O–H groups in total. The molecule has 0 aromatic rings. The highest BCUT2D eigenvalue weighted by Gasteiger charge is 2.29. The lowest BCUT2D eigenvalue weighted by Gasteiger charge is -2.07. The van der Waals surface area contributed by atoms with E-state index in [0.717, 1.165) is 0 Å². The molecule has 0 aliphatic rings. The van der Waals surface area contributed by atoms with Crippen LogP contribution in [0.4, 0.5) is 0 Å². The Labute approximate surface area is 89.9 Å². The Kier molecular flexibility index (Phi) is 9.67. The van der Waals surface area contributed by atoms with Gasteiger partial charge in [0.15, 0.2) is 0 Å². The van der Waals surface area contributed by atoms with Gasteiger partial charge in [0.05, 0.1) is 0 Å². The van der Waals surface area contributed by atoms with Crippen LogP contribution in [0.2, 0.25) is 0 Å². The van der Waals surface area contributed by atoms with Crippen LogP contribution in [0.25, 0.3) is 0 Å². The predicted octanol–water partition coefficient (Wildman–Crippen LogP) is -2.74. The van der Waals surface area contributed by atoms with E-state index >= 15 is 0 Å². The van der Waals surface area contributed by atoms with Crippen molar-refractivity contribution < 1.29 is 37.6 Å². The highest BCUT2D eigenvalue weighted by atomic mass is 28.4. The highest BCUT2D eigenvalue weighted by Crippen LogP contribution is 1.89. The molecule has 0 spiro atoms. The third-order valence-electron chi connectivity index (χ3n) is 0.838. The second kappa shape index (κ2) is 8.29. The molecule has 0 heterocycles. The molecule has 0 saturated heterocycles. The lowest BCUT2D eigenvalue weighted by Crippen LogP contribution is -2.39. The second-order valence-corrected chi connectivity index (χ2v) is 5.30. The summed E-state index contributed by atoms with van der Waals surface area (Å²) in [5.41, 5.74) is 0. The molecule has 15 heavy (non-hydrogen) atoms. The molecule has 0 amide bonds. The van der Waals surface area contributed by atoms with Crippen molar-refractivity contribution in [1.82, 2.24) is 0 Å². The summed E-state index contributed by atoms with van der Waals surface area (Å²) in [4.78, 5) is 48.7. The highest BCUT2D eigenvalue weighted by molar-refractivity contribution is 6.48. The summed E-state index contributed by atoms with van der Waals surface area (Å²) in [5.74, 6) is 0. The van der Waals surface area contributed by atoms with Gasteiger partial charge in [-0.1, -0.05) is 6.92 Å². The summed E-state index contributed by atoms with van der Waals surface area (Å²) in [6.45, 7) is 3.68. The maximum atomic E-state index is 8.18. The maximum Gasteiger partial charge on any atom is 0.671 e. The summed E-state index contributed by atoms with van der Waals surface area (Å²) in [6.07, 6.45) is 0.663. The van der Waals surface area contributed by atoms with E-state index in [4.69, 9.17) is 28.8 Å². The van der Waals surface area contributed by atoms with E-state index in [9.17, 15) is 0 Å². The number of rotatable bonds is 5. The summed E-state index contributed by atoms with van der Waals surface area (Å²) >= 11 is 0. The van der Waals surface area contributed by atoms with Crippen molar-refractivity contribution in [1.29, 1.82) is 0 Å². The van der Waals surface area contributed by atoms with Crippen LogP contribution in [-0.2, 0) is 8.85 Å². The van der Waals surface area contributed by atoms with Crippen LogP contribution >= 0.6 is 0 Å². The van der Waals surface area contributed by atoms with Gasteiger partial charge in [0.25, 0.3) is 0 Å². The first-order valence-electron chi connectivity index (χ1n) is 4.24. The molecule has 0 atom stereocenters. The van der Waals surface area contributed by atoms with Gasteiger partial charge in [0.1, 0.15) is 0 Å². The van der Waals surface area contributed by atoms with Gasteiger partial charge in [-0.25, -0.2) is 0 Å². The fraction of sp³-hybridized carbons (Fsp3) is 1.00. The molecule has 94 valence electrons. The van der Waals surface area contributed by atoms with Crippen LogP contribution in [0.1, 0.15) is 20.3 Å². The molecule has 0 rings (SSSR count). The van der Waals surface area contributed by atoms with Gasteiger partial charge >= 0.3 is 18.1 Å². The lowest BCUT2D eigenvalue weighted by molar-refractivity contribution is 0.0630. The molecular weight excluding hydrogens is 244 g/mol. The molecule has 10 heteroatoms. The maximum absolute atomic E-state index is 8.18. The van der Waals surface area contributed by atoms with Crippen LogP contribution in [0.3, 0.4) is 0 Å². The van der Waals surface area contributed by atoms with Gasteiger partial charge < -0.3 is 37.6 Å². The minimum absolute atomic E-state index is 0.121. The largest absolute Gasteiger partial charge is 0.671 e. The zero-order valence-electron chi connectivity index (χ0n) is 8.62. The van der Waals surface area contributed by atoms with Crippen LogP contribution in [0, 0.1) is 0 Å². The van der Waals surface area contributed by atoms with E-state index in [-0.39, 0.29) is 13.2 Å². The Morgan fingerprint density at radius 2 is 1.20 bits per heavy atom. The van der Waals surface area contributed by atoms with E-state index in [2.05, 4.69) is 8.85 Å². The molecule has 0 aliphatic carbocycles. The number of hydrogen-bond donors (Lipinski definition) is 6. The summed E-state index contributed by atoms with van der Waals surface area (Å²) in [5, 5.41) is 0. The standard InChI is InChI=1S/C3H10O4Si.C2H8O4Si/c1-2-3-7-8(4,5)6;1-2-6-7(3,4)5/h4-6H,2-3H2,1H3;3-5H,2H2,1H3. The van der Waals surface area contributed by atoms with Gasteiger partial charge in [0, 0.05) is 13.2 Å². The minimum Gasteiger partial charge on any atom is -0.368 e. The molecule has 0 aliphatic heterocycles. The molecule has 0 aromatic carbocycles. The summed E-state index contributed by atoms with van der Waals surface area (Å²) in [6, 6.07) is 0. The first-order valence-corrected chi connectivity index (χ1v) is 7.74. The average Bonchev–Trinajstić information content (AvgIpc) is 1.98. The fourth-order valence-corrected chi connectivity index (χ4v) is 1.30. The van der Waals surface area contributed by atoms with Crippen LogP contribution in [0.15, 0.2) is 0 Å². The van der Waals surface area contributed by atoms with E-state index in [0.29, 0.717) is 6.42 Å². The van der Waals surface area contributed by atoms with Crippen LogP contribution in [-0.4, -0.2) is 60.1 Å². The number of hydrogen-bond acceptors (Lipinski definition) is 8. The van der Waals surface area contributed by atoms with Crippen LogP contribution < -0.4 is 0 Å². The monoisotopic (exact) mass is 262 g/mol. The molecule has 0 fully saturated rings. The van der Waals surface area contributed by atoms with Gasteiger partial charge in [-0.15, -0.1) is 0 Å². The van der Waals surface area contributed by atoms with E-state index < -0.39 is 18.1 Å². The predicted molar refractivity (Wildman–Crippen MR) is 52.7 cm³/mol. The second-order valence-electron chi connectivity index (χ2n) is 2.43. The first kappa shape index (κ1) is 17.5. The Bertz CT molecular complexity index is 141. The van der Waals surface area contributed by atoms with Gasteiger partial charge in [0.2, 0.25) is 0 Å². The Balaban J connectivity index is 0. The topological polar surface area (TPSA) is 140 Å². The molecule has 0 radical (unpaired) electrons. The van der Waals surface area contributed by atoms with Crippen molar-refractivity contribution in [3.63, 3.8) is 0 Å². The lowest BCUT2D eigenvalue weighted by atomic mass is 10.5. The van der Waals surface area contributed by atoms with E-state index in [1.807, 2.05) is 0 Å². The minimum atomic E-state index is -4.18. The summed E-state index contributed by atoms with van der Waals surface area (Å²) in [7, 11) is -8.34. The van der Waals surface area contributed by atoms with Gasteiger partial charge in [-0.3, -0.25) is 0 Å². The zero-order chi connectivity index (χ0) is 12.5. The summed E-state index contributed by atoms with van der Waals surface area (Å²) < 4.78 is 8.22. The fourth-order valence-electron chi connectivity index (χ4n) is 0.433. The van der Waals surface area contributed by atoms with Crippen LogP contribution in [0.5, 0.6) is 0 Å². The van der Waals surface area contributed by atoms with E-state index in [1.54, 1.807) is 13.8 Å².